The quantitative estimate of drug-likeness (QED) is 0.748. The number of nitrogens with one attached hydrogen (secondary N) is 1. The van der Waals surface area contributed by atoms with Crippen molar-refractivity contribution in [2.24, 2.45) is 7.05 Å². The Labute approximate surface area is 149 Å². The molecule has 6 heteroatoms. The molecule has 0 fully saturated rings. The highest BCUT2D eigenvalue weighted by atomic mass is 16.3. The highest BCUT2D eigenvalue weighted by Gasteiger charge is 2.20. The van der Waals surface area contributed by atoms with Crippen molar-refractivity contribution in [2.45, 2.75) is 33.7 Å². The van der Waals surface area contributed by atoms with Gasteiger partial charge in [-0.05, 0) is 45.1 Å². The van der Waals surface area contributed by atoms with Crippen LogP contribution in [-0.2, 0) is 11.8 Å². The van der Waals surface area contributed by atoms with E-state index in [1.165, 1.54) is 0 Å². The molecule has 0 bridgehead atoms. The number of rotatable bonds is 8. The number of likely N-dealkylation sites (N-methyl/N-ethyl adjacent to an activating group) is 1. The van der Waals surface area contributed by atoms with E-state index in [0.717, 1.165) is 35.8 Å². The molecule has 2 aromatic rings. The van der Waals surface area contributed by atoms with Crippen LogP contribution in [0.25, 0.3) is 6.08 Å². The summed E-state index contributed by atoms with van der Waals surface area (Å²) in [5.74, 6) is 0.748. The van der Waals surface area contributed by atoms with Gasteiger partial charge < -0.3 is 9.73 Å². The summed E-state index contributed by atoms with van der Waals surface area (Å²) in [4.78, 5) is 14.5. The largest absolute Gasteiger partial charge is 0.468 e. The van der Waals surface area contributed by atoms with E-state index in [0.29, 0.717) is 6.54 Å². The van der Waals surface area contributed by atoms with Crippen molar-refractivity contribution in [2.75, 3.05) is 19.6 Å². The normalized spacial score (nSPS) is 12.9. The monoisotopic (exact) mass is 344 g/mol. The van der Waals surface area contributed by atoms with Gasteiger partial charge in [-0.15, -0.1) is 0 Å². The number of hydrogen-bond acceptors (Lipinski definition) is 4. The first-order valence-corrected chi connectivity index (χ1v) is 8.71. The molecule has 0 aliphatic carbocycles. The molecule has 0 aliphatic rings. The van der Waals surface area contributed by atoms with E-state index < -0.39 is 0 Å². The molecule has 25 heavy (non-hydrogen) atoms. The van der Waals surface area contributed by atoms with E-state index in [1.54, 1.807) is 12.3 Å². The molecule has 0 spiro atoms. The molecule has 0 aromatic carbocycles. The molecule has 2 aromatic heterocycles. The lowest BCUT2D eigenvalue weighted by Crippen LogP contribution is -2.37. The Bertz CT molecular complexity index is 712. The predicted molar refractivity (Wildman–Crippen MR) is 99.1 cm³/mol. The second-order valence-corrected chi connectivity index (χ2v) is 6.04. The molecule has 1 N–H and O–H groups in total. The molecule has 6 nitrogen and oxygen atoms in total. The van der Waals surface area contributed by atoms with Crippen molar-refractivity contribution in [3.63, 3.8) is 0 Å². The van der Waals surface area contributed by atoms with Crippen LogP contribution in [0.5, 0.6) is 0 Å². The lowest BCUT2D eigenvalue weighted by molar-refractivity contribution is -0.116. The molecule has 2 rings (SSSR count). The second kappa shape index (κ2) is 8.67. The van der Waals surface area contributed by atoms with Crippen molar-refractivity contribution in [1.82, 2.24) is 20.0 Å². The fourth-order valence-electron chi connectivity index (χ4n) is 3.00. The summed E-state index contributed by atoms with van der Waals surface area (Å²) in [6.45, 7) is 10.4. The summed E-state index contributed by atoms with van der Waals surface area (Å²) in [5.41, 5.74) is 2.95. The first-order valence-electron chi connectivity index (χ1n) is 8.71. The van der Waals surface area contributed by atoms with E-state index in [2.05, 4.69) is 29.2 Å². The number of nitrogens with zero attached hydrogens (tertiary/aromatic N) is 3. The van der Waals surface area contributed by atoms with Crippen molar-refractivity contribution in [3.8, 4) is 0 Å². The van der Waals surface area contributed by atoms with Crippen LogP contribution in [0.2, 0.25) is 0 Å². The molecule has 0 radical (unpaired) electrons. The number of aromatic nitrogens is 2. The SMILES string of the molecule is CCN(CC)[C@@H](CNC(=O)/C=C/c1c(C)nn(C)c1C)c1ccco1. The van der Waals surface area contributed by atoms with Gasteiger partial charge in [0.05, 0.1) is 18.0 Å². The topological polar surface area (TPSA) is 63.3 Å². The Morgan fingerprint density at radius 3 is 2.64 bits per heavy atom. The third kappa shape index (κ3) is 4.60. The lowest BCUT2D eigenvalue weighted by Gasteiger charge is -2.28. The van der Waals surface area contributed by atoms with Gasteiger partial charge in [0.25, 0.3) is 0 Å². The summed E-state index contributed by atoms with van der Waals surface area (Å²) < 4.78 is 7.37. The number of hydrogen-bond donors (Lipinski definition) is 1. The third-order valence-corrected chi connectivity index (χ3v) is 4.56. The van der Waals surface area contributed by atoms with E-state index in [1.807, 2.05) is 43.8 Å². The molecule has 136 valence electrons. The molecular formula is C19H28N4O2. The Morgan fingerprint density at radius 1 is 1.40 bits per heavy atom. The van der Waals surface area contributed by atoms with Crippen LogP contribution in [0.4, 0.5) is 0 Å². The number of amides is 1. The van der Waals surface area contributed by atoms with Crippen molar-refractivity contribution >= 4 is 12.0 Å². The number of aryl methyl sites for hydroxylation is 2. The molecule has 1 amide bonds. The van der Waals surface area contributed by atoms with Gasteiger partial charge in [0.2, 0.25) is 5.91 Å². The predicted octanol–water partition coefficient (Wildman–Crippen LogP) is 2.84. The van der Waals surface area contributed by atoms with Crippen molar-refractivity contribution < 1.29 is 9.21 Å². The minimum absolute atomic E-state index is 0.0317. The van der Waals surface area contributed by atoms with Crippen LogP contribution < -0.4 is 5.32 Å². The summed E-state index contributed by atoms with van der Waals surface area (Å²) in [7, 11) is 1.90. The second-order valence-electron chi connectivity index (χ2n) is 6.04. The van der Waals surface area contributed by atoms with E-state index in [-0.39, 0.29) is 11.9 Å². The Kier molecular flexibility index (Phi) is 6.58. The number of carbonyl (C=O) groups is 1. The van der Waals surface area contributed by atoms with Gasteiger partial charge in [0.15, 0.2) is 0 Å². The highest BCUT2D eigenvalue weighted by Crippen LogP contribution is 2.20. The third-order valence-electron chi connectivity index (χ3n) is 4.56. The van der Waals surface area contributed by atoms with Crippen LogP contribution in [0.1, 0.15) is 42.6 Å². The maximum absolute atomic E-state index is 12.2. The molecule has 1 atom stereocenters. The standard InChI is InChI=1S/C19H28N4O2/c1-6-23(7-2)17(18-9-8-12-25-18)13-20-19(24)11-10-16-14(3)21-22(5)15(16)4/h8-12,17H,6-7,13H2,1-5H3,(H,20,24)/b11-10+/t17-/m0/s1. The molecule has 0 aliphatic heterocycles. The zero-order valence-electron chi connectivity index (χ0n) is 15.7. The minimum atomic E-state index is -0.119. The fourth-order valence-corrected chi connectivity index (χ4v) is 3.00. The van der Waals surface area contributed by atoms with E-state index in [4.69, 9.17) is 4.42 Å². The van der Waals surface area contributed by atoms with Crippen LogP contribution in [0.15, 0.2) is 28.9 Å². The van der Waals surface area contributed by atoms with Crippen LogP contribution in [0, 0.1) is 13.8 Å². The van der Waals surface area contributed by atoms with Crippen LogP contribution >= 0.6 is 0 Å². The Morgan fingerprint density at radius 2 is 2.12 bits per heavy atom. The Balaban J connectivity index is 2.02. The van der Waals surface area contributed by atoms with Gasteiger partial charge in [-0.1, -0.05) is 13.8 Å². The summed E-state index contributed by atoms with van der Waals surface area (Å²) >= 11 is 0. The average molecular weight is 344 g/mol. The van der Waals surface area contributed by atoms with Gasteiger partial charge in [-0.3, -0.25) is 14.4 Å². The lowest BCUT2D eigenvalue weighted by atomic mass is 10.1. The number of carbonyl (C=O) groups excluding carboxylic acids is 1. The molecule has 2 heterocycles. The Hall–Kier alpha value is -2.34. The average Bonchev–Trinajstić information content (AvgIpc) is 3.19. The van der Waals surface area contributed by atoms with Gasteiger partial charge in [-0.2, -0.15) is 5.10 Å². The van der Waals surface area contributed by atoms with Crippen molar-refractivity contribution in [3.05, 3.63) is 47.2 Å². The number of furan rings is 1. The van der Waals surface area contributed by atoms with Gasteiger partial charge in [-0.25, -0.2) is 0 Å². The van der Waals surface area contributed by atoms with E-state index >= 15 is 0 Å². The zero-order valence-corrected chi connectivity index (χ0v) is 15.7. The van der Waals surface area contributed by atoms with Crippen LogP contribution in [-0.4, -0.2) is 40.2 Å². The fraction of sp³-hybridized carbons (Fsp3) is 0.474. The van der Waals surface area contributed by atoms with Gasteiger partial charge in [0, 0.05) is 30.9 Å². The highest BCUT2D eigenvalue weighted by molar-refractivity contribution is 5.92. The molecule has 0 saturated carbocycles. The molecule has 0 saturated heterocycles. The molecular weight excluding hydrogens is 316 g/mol. The first kappa shape index (κ1) is 19.0. The summed E-state index contributed by atoms with van der Waals surface area (Å²) in [6.07, 6.45) is 5.06. The van der Waals surface area contributed by atoms with Crippen LogP contribution in [0.3, 0.4) is 0 Å². The van der Waals surface area contributed by atoms with Gasteiger partial charge in [0.1, 0.15) is 5.76 Å². The zero-order chi connectivity index (χ0) is 18.4. The van der Waals surface area contributed by atoms with Gasteiger partial charge >= 0.3 is 0 Å². The summed E-state index contributed by atoms with van der Waals surface area (Å²) in [5, 5.41) is 7.34. The maximum atomic E-state index is 12.2. The van der Waals surface area contributed by atoms with E-state index in [9.17, 15) is 4.79 Å². The first-order chi connectivity index (χ1) is 12.0. The van der Waals surface area contributed by atoms with Crippen molar-refractivity contribution in [1.29, 1.82) is 0 Å². The minimum Gasteiger partial charge on any atom is -0.468 e. The maximum Gasteiger partial charge on any atom is 0.244 e. The smallest absolute Gasteiger partial charge is 0.244 e. The molecule has 0 unspecified atom stereocenters. The summed E-state index contributed by atoms with van der Waals surface area (Å²) in [6, 6.07) is 3.86.